The molecule has 4 heteroatoms. The van der Waals surface area contributed by atoms with Crippen molar-refractivity contribution in [3.8, 4) is 5.75 Å². The molecule has 0 aliphatic carbocycles. The number of rotatable bonds is 6. The third-order valence-electron chi connectivity index (χ3n) is 3.53. The Morgan fingerprint density at radius 3 is 2.84 bits per heavy atom. The predicted octanol–water partition coefficient (Wildman–Crippen LogP) is 1.51. The topological polar surface area (TPSA) is 33.7 Å². The Hall–Kier alpha value is -1.10. The van der Waals surface area contributed by atoms with Crippen LogP contribution in [0.3, 0.4) is 0 Å². The molecule has 1 heterocycles. The quantitative estimate of drug-likeness (QED) is 0.844. The summed E-state index contributed by atoms with van der Waals surface area (Å²) in [5.74, 6) is 0.901. The zero-order valence-electron chi connectivity index (χ0n) is 11.9. The summed E-state index contributed by atoms with van der Waals surface area (Å²) < 4.78 is 10.9. The maximum absolute atomic E-state index is 5.76. The van der Waals surface area contributed by atoms with Crippen molar-refractivity contribution in [1.82, 2.24) is 10.2 Å². The molecule has 1 N–H and O–H groups in total. The Kier molecular flexibility index (Phi) is 5.63. The third kappa shape index (κ3) is 4.49. The van der Waals surface area contributed by atoms with E-state index in [9.17, 15) is 0 Å². The lowest BCUT2D eigenvalue weighted by Gasteiger charge is -2.32. The van der Waals surface area contributed by atoms with Crippen LogP contribution in [0.4, 0.5) is 0 Å². The molecular weight excluding hydrogens is 240 g/mol. The average Bonchev–Trinajstić information content (AvgIpc) is 2.48. The Labute approximate surface area is 115 Å². The molecule has 0 bridgehead atoms. The molecule has 0 amide bonds. The first-order valence-corrected chi connectivity index (χ1v) is 6.99. The van der Waals surface area contributed by atoms with Gasteiger partial charge in [-0.25, -0.2) is 0 Å². The van der Waals surface area contributed by atoms with E-state index in [1.807, 2.05) is 12.1 Å². The lowest BCUT2D eigenvalue weighted by Crippen LogP contribution is -2.46. The number of hydrogen-bond acceptors (Lipinski definition) is 4. The van der Waals surface area contributed by atoms with Crippen LogP contribution in [0.2, 0.25) is 0 Å². The van der Waals surface area contributed by atoms with Crippen molar-refractivity contribution in [3.63, 3.8) is 0 Å². The van der Waals surface area contributed by atoms with Crippen LogP contribution in [0.15, 0.2) is 24.3 Å². The van der Waals surface area contributed by atoms with E-state index in [0.717, 1.165) is 45.1 Å². The van der Waals surface area contributed by atoms with Crippen molar-refractivity contribution in [2.45, 2.75) is 19.6 Å². The van der Waals surface area contributed by atoms with Gasteiger partial charge in [0, 0.05) is 26.2 Å². The fourth-order valence-corrected chi connectivity index (χ4v) is 2.31. The second-order valence-corrected chi connectivity index (χ2v) is 4.87. The monoisotopic (exact) mass is 264 g/mol. The molecule has 0 saturated carbocycles. The number of hydrogen-bond donors (Lipinski definition) is 1. The molecule has 0 radical (unpaired) electrons. The van der Waals surface area contributed by atoms with Crippen LogP contribution in [0.5, 0.6) is 5.75 Å². The van der Waals surface area contributed by atoms with Gasteiger partial charge in [-0.15, -0.1) is 0 Å². The maximum Gasteiger partial charge on any atom is 0.118 e. The average molecular weight is 264 g/mol. The highest BCUT2D eigenvalue weighted by atomic mass is 16.5. The van der Waals surface area contributed by atoms with Gasteiger partial charge >= 0.3 is 0 Å². The molecular formula is C15H24N2O2. The van der Waals surface area contributed by atoms with E-state index in [4.69, 9.17) is 9.47 Å². The molecule has 1 aliphatic heterocycles. The minimum Gasteiger partial charge on any atom is -0.497 e. The number of morpholine rings is 1. The molecule has 1 fully saturated rings. The summed E-state index contributed by atoms with van der Waals surface area (Å²) in [5.41, 5.74) is 1.27. The minimum absolute atomic E-state index is 0.312. The number of benzene rings is 1. The van der Waals surface area contributed by atoms with Crippen LogP contribution in [0, 0.1) is 0 Å². The van der Waals surface area contributed by atoms with Gasteiger partial charge in [-0.1, -0.05) is 19.1 Å². The first-order valence-electron chi connectivity index (χ1n) is 6.99. The van der Waals surface area contributed by atoms with Gasteiger partial charge < -0.3 is 14.8 Å². The number of methoxy groups -OCH3 is 1. The molecule has 1 aromatic rings. The fraction of sp³-hybridized carbons (Fsp3) is 0.600. The van der Waals surface area contributed by atoms with Gasteiger partial charge in [0.15, 0.2) is 0 Å². The van der Waals surface area contributed by atoms with E-state index < -0.39 is 0 Å². The van der Waals surface area contributed by atoms with Crippen LogP contribution in [-0.4, -0.2) is 50.9 Å². The number of ether oxygens (including phenoxy) is 2. The lowest BCUT2D eigenvalue weighted by atomic mass is 10.2. The lowest BCUT2D eigenvalue weighted by molar-refractivity contribution is -0.0253. The van der Waals surface area contributed by atoms with Gasteiger partial charge in [-0.2, -0.15) is 0 Å². The maximum atomic E-state index is 5.76. The Morgan fingerprint density at radius 2 is 2.16 bits per heavy atom. The largest absolute Gasteiger partial charge is 0.497 e. The van der Waals surface area contributed by atoms with E-state index >= 15 is 0 Å². The highest BCUT2D eigenvalue weighted by molar-refractivity contribution is 5.26. The Bertz CT molecular complexity index is 367. The first-order chi connectivity index (χ1) is 9.31. The van der Waals surface area contributed by atoms with Gasteiger partial charge in [-0.3, -0.25) is 4.90 Å². The number of likely N-dealkylation sites (N-methyl/N-ethyl adjacent to an activating group) is 1. The standard InChI is InChI=1S/C15H24N2O2/c1-3-17-8-9-19-15(12-17)11-16-10-13-4-6-14(18-2)7-5-13/h4-7,15-16H,3,8-12H2,1-2H3. The predicted molar refractivity (Wildman–Crippen MR) is 76.6 cm³/mol. The summed E-state index contributed by atoms with van der Waals surface area (Å²) in [4.78, 5) is 2.43. The normalized spacial score (nSPS) is 20.4. The highest BCUT2D eigenvalue weighted by Gasteiger charge is 2.18. The molecule has 0 spiro atoms. The van der Waals surface area contributed by atoms with Crippen LogP contribution in [0.25, 0.3) is 0 Å². The summed E-state index contributed by atoms with van der Waals surface area (Å²) >= 11 is 0. The van der Waals surface area contributed by atoms with E-state index in [2.05, 4.69) is 29.3 Å². The van der Waals surface area contributed by atoms with Gasteiger partial charge in [-0.05, 0) is 24.2 Å². The molecule has 1 aliphatic rings. The van der Waals surface area contributed by atoms with Crippen molar-refractivity contribution < 1.29 is 9.47 Å². The van der Waals surface area contributed by atoms with Gasteiger partial charge in [0.05, 0.1) is 19.8 Å². The van der Waals surface area contributed by atoms with Crippen molar-refractivity contribution in [1.29, 1.82) is 0 Å². The Balaban J connectivity index is 1.70. The third-order valence-corrected chi connectivity index (χ3v) is 3.53. The van der Waals surface area contributed by atoms with E-state index in [0.29, 0.717) is 6.10 Å². The molecule has 106 valence electrons. The number of nitrogens with one attached hydrogen (secondary N) is 1. The zero-order chi connectivity index (χ0) is 13.5. The minimum atomic E-state index is 0.312. The molecule has 19 heavy (non-hydrogen) atoms. The molecule has 4 nitrogen and oxygen atoms in total. The zero-order valence-corrected chi connectivity index (χ0v) is 11.9. The molecule has 0 aromatic heterocycles. The summed E-state index contributed by atoms with van der Waals surface area (Å²) in [6.45, 7) is 8.03. The summed E-state index contributed by atoms with van der Waals surface area (Å²) in [6.07, 6.45) is 0.312. The second kappa shape index (κ2) is 7.48. The second-order valence-electron chi connectivity index (χ2n) is 4.87. The van der Waals surface area contributed by atoms with E-state index in [1.54, 1.807) is 7.11 Å². The van der Waals surface area contributed by atoms with E-state index in [1.165, 1.54) is 5.56 Å². The highest BCUT2D eigenvalue weighted by Crippen LogP contribution is 2.11. The molecule has 1 atom stereocenters. The van der Waals surface area contributed by atoms with Crippen LogP contribution in [-0.2, 0) is 11.3 Å². The van der Waals surface area contributed by atoms with Crippen LogP contribution >= 0.6 is 0 Å². The van der Waals surface area contributed by atoms with E-state index in [-0.39, 0.29) is 0 Å². The van der Waals surface area contributed by atoms with Gasteiger partial charge in [0.1, 0.15) is 5.75 Å². The molecule has 1 saturated heterocycles. The summed E-state index contributed by atoms with van der Waals surface area (Å²) in [6, 6.07) is 8.16. The molecule has 1 unspecified atom stereocenters. The van der Waals surface area contributed by atoms with Gasteiger partial charge in [0.25, 0.3) is 0 Å². The van der Waals surface area contributed by atoms with Crippen LogP contribution in [0.1, 0.15) is 12.5 Å². The van der Waals surface area contributed by atoms with Crippen LogP contribution < -0.4 is 10.1 Å². The van der Waals surface area contributed by atoms with Crippen molar-refractivity contribution in [2.75, 3.05) is 39.9 Å². The Morgan fingerprint density at radius 1 is 1.37 bits per heavy atom. The number of nitrogens with zero attached hydrogens (tertiary/aromatic N) is 1. The smallest absolute Gasteiger partial charge is 0.118 e. The van der Waals surface area contributed by atoms with Crippen molar-refractivity contribution >= 4 is 0 Å². The van der Waals surface area contributed by atoms with Crippen molar-refractivity contribution in [2.24, 2.45) is 0 Å². The van der Waals surface area contributed by atoms with Gasteiger partial charge in [0.2, 0.25) is 0 Å². The van der Waals surface area contributed by atoms with Crippen molar-refractivity contribution in [3.05, 3.63) is 29.8 Å². The SMILES string of the molecule is CCN1CCOC(CNCc2ccc(OC)cc2)C1. The first kappa shape index (κ1) is 14.3. The fourth-order valence-electron chi connectivity index (χ4n) is 2.31. The molecule has 2 rings (SSSR count). The summed E-state index contributed by atoms with van der Waals surface area (Å²) in [5, 5.41) is 3.46. The molecule has 1 aromatic carbocycles. The summed E-state index contributed by atoms with van der Waals surface area (Å²) in [7, 11) is 1.69.